The van der Waals surface area contributed by atoms with E-state index in [2.05, 4.69) is 27.8 Å². The molecule has 3 unspecified atom stereocenters. The molecular weight excluding hydrogens is 795 g/mol. The number of Topliss-reactive ketones (excluding diaryl/α,β-unsaturated/α-hetero) is 2. The van der Waals surface area contributed by atoms with E-state index in [1.165, 1.54) is 22.6 Å². The highest BCUT2D eigenvalue weighted by Crippen LogP contribution is 2.44. The minimum Gasteiger partial charge on any atom is -0.371 e. The van der Waals surface area contributed by atoms with Crippen LogP contribution in [-0.2, 0) is 35.3 Å². The number of nitrogens with zero attached hydrogens (tertiary/aromatic N) is 3. The number of halogens is 4. The molecule has 0 radical (unpaired) electrons. The van der Waals surface area contributed by atoms with Crippen molar-refractivity contribution in [3.63, 3.8) is 0 Å². The lowest BCUT2D eigenvalue weighted by atomic mass is 9.82. The number of hydrogen-bond acceptors (Lipinski definition) is 6. The van der Waals surface area contributed by atoms with Crippen LogP contribution in [0.5, 0.6) is 0 Å². The molecule has 330 valence electrons. The van der Waals surface area contributed by atoms with Gasteiger partial charge in [0.15, 0.2) is 5.78 Å². The maximum absolute atomic E-state index is 16.3. The van der Waals surface area contributed by atoms with Gasteiger partial charge in [-0.05, 0) is 137 Å². The summed E-state index contributed by atoms with van der Waals surface area (Å²) in [4.78, 5) is 49.2. The highest BCUT2D eigenvalue weighted by molar-refractivity contribution is 6.05. The first-order chi connectivity index (χ1) is 29.9. The molecule has 1 amide bonds. The average molecular weight is 854 g/mol. The van der Waals surface area contributed by atoms with Crippen LogP contribution in [0.3, 0.4) is 0 Å². The van der Waals surface area contributed by atoms with E-state index in [0.717, 1.165) is 71.9 Å². The van der Waals surface area contributed by atoms with E-state index in [-0.39, 0.29) is 43.9 Å². The summed E-state index contributed by atoms with van der Waals surface area (Å²) < 4.78 is 60.5. The summed E-state index contributed by atoms with van der Waals surface area (Å²) in [6.45, 7) is 8.25. The highest BCUT2D eigenvalue weighted by Gasteiger charge is 2.43. The molecule has 1 aromatic heterocycles. The number of H-pyrrole nitrogens is 1. The molecule has 62 heavy (non-hydrogen) atoms. The molecule has 0 bridgehead atoms. The van der Waals surface area contributed by atoms with Gasteiger partial charge in [0.2, 0.25) is 5.91 Å². The Balaban J connectivity index is 0.00000280. The van der Waals surface area contributed by atoms with Crippen LogP contribution in [0, 0.1) is 35.3 Å². The summed E-state index contributed by atoms with van der Waals surface area (Å²) in [7, 11) is 0. The van der Waals surface area contributed by atoms with E-state index in [4.69, 9.17) is 0 Å². The number of nitrogens with one attached hydrogen (secondary N) is 2. The number of likely N-dealkylation sites (tertiary alicyclic amines) is 1. The number of anilines is 1. The average Bonchev–Trinajstić information content (AvgIpc) is 3.93. The number of hydrogen-bond donors (Lipinski definition) is 2. The largest absolute Gasteiger partial charge is 0.371 e. The van der Waals surface area contributed by atoms with E-state index < -0.39 is 30.6 Å². The van der Waals surface area contributed by atoms with Crippen LogP contribution >= 0.6 is 0 Å². The summed E-state index contributed by atoms with van der Waals surface area (Å²) >= 11 is 0. The standard InChI is InChI=1S/C50H55F4N5O3.2H2/c1-27-7-8-37(50(62)55-27)40-23-32-19-30-20-33(21-31(30)22-38(32)49(40)61)44(60)18-29-9-13-57(14-10-29)34-11-15-58(16-12-34)35-24-41(51)46(42(52)25-35)48-47-39(17-28(2)59(48)26-45(53)54)36-5-3-4-6-43(36)56-47;;/h3-6,19,22,24-25,28-29,33-34,37,40,45,48,56H,1,7-18,20-21,23,26H2,2H3,(H,55,62);2*1H/t28-,33?,37?,40?,48-;;/m1../s1. The van der Waals surface area contributed by atoms with Gasteiger partial charge < -0.3 is 20.1 Å². The number of carbonyl (C=O) groups excluding carboxylic acids is 3. The first-order valence-corrected chi connectivity index (χ1v) is 22.7. The lowest BCUT2D eigenvalue weighted by Crippen LogP contribution is -2.48. The molecule has 5 heterocycles. The molecule has 10 rings (SSSR count). The number of ketones is 2. The number of rotatable bonds is 9. The predicted molar refractivity (Wildman–Crippen MR) is 235 cm³/mol. The number of amides is 1. The van der Waals surface area contributed by atoms with Crippen LogP contribution < -0.4 is 10.2 Å². The molecule has 2 N–H and O–H groups in total. The molecule has 0 spiro atoms. The third-order valence-electron chi connectivity index (χ3n) is 15.4. The van der Waals surface area contributed by atoms with E-state index in [1.807, 2.05) is 42.2 Å². The second-order valence-electron chi connectivity index (χ2n) is 19.1. The highest BCUT2D eigenvalue weighted by atomic mass is 19.3. The van der Waals surface area contributed by atoms with Gasteiger partial charge in [0, 0.05) is 91.3 Å². The van der Waals surface area contributed by atoms with E-state index in [1.54, 1.807) is 0 Å². The second kappa shape index (κ2) is 16.4. The Morgan fingerprint density at radius 3 is 2.29 bits per heavy atom. The number of aromatic amines is 1. The minimum absolute atomic E-state index is 0. The van der Waals surface area contributed by atoms with Gasteiger partial charge in [-0.1, -0.05) is 30.8 Å². The molecule has 0 saturated carbocycles. The molecule has 8 nitrogen and oxygen atoms in total. The fourth-order valence-corrected chi connectivity index (χ4v) is 12.1. The number of piperidine rings is 3. The van der Waals surface area contributed by atoms with E-state index in [9.17, 15) is 23.2 Å². The molecule has 2 aliphatic carbocycles. The number of fused-ring (bicyclic) bond motifs is 5. The Morgan fingerprint density at radius 2 is 1.58 bits per heavy atom. The number of benzene rings is 3. The second-order valence-corrected chi connectivity index (χ2v) is 19.1. The Kier molecular flexibility index (Phi) is 10.9. The topological polar surface area (TPSA) is 88.8 Å². The van der Waals surface area contributed by atoms with E-state index in [0.29, 0.717) is 92.9 Å². The van der Waals surface area contributed by atoms with Crippen LogP contribution in [0.25, 0.3) is 10.9 Å². The Hall–Kier alpha value is -4.81. The first kappa shape index (κ1) is 41.2. The number of alkyl halides is 2. The van der Waals surface area contributed by atoms with Gasteiger partial charge in [-0.25, -0.2) is 17.6 Å². The summed E-state index contributed by atoms with van der Waals surface area (Å²) in [6, 6.07) is 13.5. The van der Waals surface area contributed by atoms with Gasteiger partial charge in [0.1, 0.15) is 17.4 Å². The SMILES string of the molecule is C=C1CCC(C2Cc3cc4c(cc3C2=O)CC(C(=O)CC2CCN(C3CCN(c5cc(F)c([C@@H]6c7[nH]c8ccccc8c7C[C@@H](C)N6CC(F)F)c(F)c5)CC3)CC2)C4)C(=O)N1.[HH].[HH]. The third-order valence-corrected chi connectivity index (χ3v) is 15.4. The van der Waals surface area contributed by atoms with Crippen molar-refractivity contribution in [2.24, 2.45) is 23.7 Å². The van der Waals surface area contributed by atoms with Gasteiger partial charge >= 0.3 is 0 Å². The van der Waals surface area contributed by atoms with Crippen molar-refractivity contribution in [3.05, 3.63) is 112 Å². The lowest BCUT2D eigenvalue weighted by molar-refractivity contribution is -0.127. The third kappa shape index (κ3) is 7.48. The van der Waals surface area contributed by atoms with E-state index >= 15 is 8.78 Å². The first-order valence-electron chi connectivity index (χ1n) is 22.7. The van der Waals surface area contributed by atoms with Crippen LogP contribution in [0.2, 0.25) is 0 Å². The van der Waals surface area contributed by atoms with Gasteiger partial charge in [-0.3, -0.25) is 19.3 Å². The summed E-state index contributed by atoms with van der Waals surface area (Å²) in [5.41, 5.74) is 7.30. The number of para-hydroxylation sites is 1. The zero-order valence-corrected chi connectivity index (χ0v) is 35.3. The van der Waals surface area contributed by atoms with Crippen molar-refractivity contribution in [2.75, 3.05) is 37.6 Å². The van der Waals surface area contributed by atoms with Crippen molar-refractivity contribution < 1.29 is 34.8 Å². The fraction of sp³-hybridized carbons (Fsp3) is 0.500. The summed E-state index contributed by atoms with van der Waals surface area (Å²) in [5.74, 6) is -1.57. The lowest BCUT2D eigenvalue weighted by Gasteiger charge is -2.43. The predicted octanol–water partition coefficient (Wildman–Crippen LogP) is 8.99. The van der Waals surface area contributed by atoms with Gasteiger partial charge in [0.05, 0.1) is 12.6 Å². The molecule has 4 aliphatic heterocycles. The van der Waals surface area contributed by atoms with Gasteiger partial charge in [-0.2, -0.15) is 0 Å². The fourth-order valence-electron chi connectivity index (χ4n) is 12.1. The zero-order valence-electron chi connectivity index (χ0n) is 35.3. The smallest absolute Gasteiger partial charge is 0.251 e. The number of aromatic nitrogens is 1. The number of carbonyl (C=O) groups is 3. The minimum atomic E-state index is -2.66. The Morgan fingerprint density at radius 1 is 0.871 bits per heavy atom. The van der Waals surface area contributed by atoms with Gasteiger partial charge in [0.25, 0.3) is 6.43 Å². The molecule has 3 aromatic carbocycles. The van der Waals surface area contributed by atoms with Crippen LogP contribution in [0.15, 0.2) is 60.8 Å². The van der Waals surface area contributed by atoms with Crippen LogP contribution in [0.1, 0.15) is 105 Å². The van der Waals surface area contributed by atoms with Crippen molar-refractivity contribution in [1.29, 1.82) is 0 Å². The number of allylic oxidation sites excluding steroid dienone is 1. The van der Waals surface area contributed by atoms with Crippen molar-refractivity contribution >= 4 is 34.1 Å². The van der Waals surface area contributed by atoms with Crippen molar-refractivity contribution in [2.45, 2.75) is 102 Å². The summed E-state index contributed by atoms with van der Waals surface area (Å²) in [5, 5.41) is 3.78. The molecule has 3 fully saturated rings. The van der Waals surface area contributed by atoms with Crippen LogP contribution in [-0.4, -0.2) is 83.5 Å². The maximum atomic E-state index is 16.3. The monoisotopic (exact) mass is 853 g/mol. The van der Waals surface area contributed by atoms with Crippen LogP contribution in [0.4, 0.5) is 23.2 Å². The normalized spacial score (nSPS) is 26.3. The Bertz CT molecular complexity index is 2440. The Labute approximate surface area is 363 Å². The van der Waals surface area contributed by atoms with Crippen molar-refractivity contribution in [3.8, 4) is 0 Å². The molecule has 5 atom stereocenters. The molecule has 6 aliphatic rings. The zero-order chi connectivity index (χ0) is 43.0. The molecule has 4 aromatic rings. The van der Waals surface area contributed by atoms with Crippen molar-refractivity contribution in [1.82, 2.24) is 20.1 Å². The molecule has 3 saturated heterocycles. The molecular formula is C50H59F4N5O3. The molecule has 12 heteroatoms. The maximum Gasteiger partial charge on any atom is 0.251 e. The van der Waals surface area contributed by atoms with Gasteiger partial charge in [-0.15, -0.1) is 0 Å². The summed E-state index contributed by atoms with van der Waals surface area (Å²) in [6.07, 6.45) is 5.33. The quantitative estimate of drug-likeness (QED) is 0.164.